The highest BCUT2D eigenvalue weighted by Crippen LogP contribution is 2.26. The van der Waals surface area contributed by atoms with Gasteiger partial charge in [-0.15, -0.1) is 0 Å². The number of hydrogen-bond acceptors (Lipinski definition) is 4. The van der Waals surface area contributed by atoms with Gasteiger partial charge in [0.15, 0.2) is 0 Å². The van der Waals surface area contributed by atoms with E-state index < -0.39 is 24.7 Å². The van der Waals surface area contributed by atoms with Crippen LogP contribution in [0.5, 0.6) is 0 Å². The normalized spacial score (nSPS) is 19.4. The van der Waals surface area contributed by atoms with Gasteiger partial charge in [0.05, 0.1) is 0 Å². The van der Waals surface area contributed by atoms with Crippen LogP contribution in [0.25, 0.3) is 0 Å². The number of aryl methyl sites for hydroxylation is 1. The minimum Gasteiger partial charge on any atom is -0.350 e. The molecule has 9 heteroatoms. The van der Waals surface area contributed by atoms with Crippen LogP contribution in [-0.4, -0.2) is 61.7 Å². The van der Waals surface area contributed by atoms with Gasteiger partial charge in [-0.1, -0.05) is 0 Å². The molecular weight excluding hydrogens is 349 g/mol. The zero-order chi connectivity index (χ0) is 18.7. The molecule has 3 N–H and O–H groups in total. The topological polar surface area (TPSA) is 73.5 Å². The molecule has 6 nitrogen and oxygen atoms in total. The number of hydrogen-bond donors (Lipinski definition) is 3. The van der Waals surface area contributed by atoms with Gasteiger partial charge in [0, 0.05) is 50.4 Å². The van der Waals surface area contributed by atoms with Crippen LogP contribution in [0, 0.1) is 0 Å². The van der Waals surface area contributed by atoms with Gasteiger partial charge in [0.25, 0.3) is 5.91 Å². The van der Waals surface area contributed by atoms with Crippen LogP contribution in [0.1, 0.15) is 22.3 Å². The summed E-state index contributed by atoms with van der Waals surface area (Å²) < 4.78 is 40.1. The van der Waals surface area contributed by atoms with Crippen LogP contribution >= 0.6 is 0 Å². The van der Waals surface area contributed by atoms with E-state index in [0.717, 1.165) is 5.56 Å². The van der Waals surface area contributed by atoms with Crippen molar-refractivity contribution in [3.05, 3.63) is 29.3 Å². The lowest BCUT2D eigenvalue weighted by Gasteiger charge is -2.35. The molecule has 0 bridgehead atoms. The molecule has 2 aliphatic heterocycles. The van der Waals surface area contributed by atoms with Crippen LogP contribution in [0.2, 0.25) is 0 Å². The Morgan fingerprint density at radius 2 is 1.96 bits per heavy atom. The molecular formula is C17H21F3N4O2. The van der Waals surface area contributed by atoms with Crippen molar-refractivity contribution in [2.75, 3.05) is 38.0 Å². The van der Waals surface area contributed by atoms with Crippen LogP contribution < -0.4 is 16.0 Å². The summed E-state index contributed by atoms with van der Waals surface area (Å²) in [5.41, 5.74) is 1.75. The molecule has 1 unspecified atom stereocenters. The zero-order valence-corrected chi connectivity index (χ0v) is 14.2. The molecule has 2 heterocycles. The van der Waals surface area contributed by atoms with E-state index >= 15 is 0 Å². The third-order valence-corrected chi connectivity index (χ3v) is 4.69. The Morgan fingerprint density at radius 3 is 2.65 bits per heavy atom. The van der Waals surface area contributed by atoms with Crippen molar-refractivity contribution < 1.29 is 22.8 Å². The fraction of sp³-hybridized carbons (Fsp3) is 0.529. The average molecular weight is 370 g/mol. The summed E-state index contributed by atoms with van der Waals surface area (Å²) in [6.07, 6.45) is -3.57. The Labute approximate surface area is 149 Å². The van der Waals surface area contributed by atoms with Gasteiger partial charge in [0.2, 0.25) is 5.91 Å². The molecule has 2 amide bonds. The standard InChI is InChI=1S/C17H21F3N4O2/c18-17(19,20)14(24-7-5-21-6-8-24)10-22-16(26)12-1-3-13-11(9-12)2-4-15(25)23-13/h1,3,9,14,21H,2,4-8,10H2,(H,22,26)(H,23,25). The number of nitrogens with one attached hydrogen (secondary N) is 3. The van der Waals surface area contributed by atoms with Gasteiger partial charge in [-0.2, -0.15) is 13.2 Å². The van der Waals surface area contributed by atoms with Crippen LogP contribution in [0.3, 0.4) is 0 Å². The largest absolute Gasteiger partial charge is 0.405 e. The lowest BCUT2D eigenvalue weighted by molar-refractivity contribution is -0.183. The van der Waals surface area contributed by atoms with Crippen LogP contribution in [0.15, 0.2) is 18.2 Å². The molecule has 1 aromatic rings. The average Bonchev–Trinajstić information content (AvgIpc) is 2.61. The summed E-state index contributed by atoms with van der Waals surface area (Å²) in [6.45, 7) is 1.08. The van der Waals surface area contributed by atoms with E-state index in [1.807, 2.05) is 0 Å². The van der Waals surface area contributed by atoms with Gasteiger partial charge in [-0.05, 0) is 30.2 Å². The minimum absolute atomic E-state index is 0.0845. The Morgan fingerprint density at radius 1 is 1.23 bits per heavy atom. The van der Waals surface area contributed by atoms with Gasteiger partial charge in [-0.25, -0.2) is 0 Å². The second-order valence-corrected chi connectivity index (χ2v) is 6.47. The summed E-state index contributed by atoms with van der Waals surface area (Å²) in [6, 6.07) is 3.04. The number of amides is 2. The Bertz CT molecular complexity index is 687. The fourth-order valence-corrected chi connectivity index (χ4v) is 3.26. The molecule has 0 spiro atoms. The summed E-state index contributed by atoms with van der Waals surface area (Å²) in [5, 5.41) is 8.13. The van der Waals surface area contributed by atoms with Crippen molar-refractivity contribution in [1.29, 1.82) is 0 Å². The molecule has 1 aromatic carbocycles. The quantitative estimate of drug-likeness (QED) is 0.743. The maximum Gasteiger partial charge on any atom is 0.405 e. The third-order valence-electron chi connectivity index (χ3n) is 4.69. The first-order valence-electron chi connectivity index (χ1n) is 8.57. The Balaban J connectivity index is 1.65. The summed E-state index contributed by atoms with van der Waals surface area (Å²) >= 11 is 0. The summed E-state index contributed by atoms with van der Waals surface area (Å²) in [4.78, 5) is 25.0. The maximum absolute atomic E-state index is 13.4. The fourth-order valence-electron chi connectivity index (χ4n) is 3.26. The van der Waals surface area contributed by atoms with Gasteiger partial charge in [-0.3, -0.25) is 14.5 Å². The van der Waals surface area contributed by atoms with E-state index in [9.17, 15) is 22.8 Å². The van der Waals surface area contributed by atoms with E-state index in [2.05, 4.69) is 16.0 Å². The van der Waals surface area contributed by atoms with E-state index in [1.54, 1.807) is 12.1 Å². The number of piperazine rings is 1. The Kier molecular flexibility index (Phi) is 5.47. The predicted octanol–water partition coefficient (Wildman–Crippen LogP) is 1.14. The Hall–Kier alpha value is -2.13. The van der Waals surface area contributed by atoms with Crippen molar-refractivity contribution in [2.45, 2.75) is 25.1 Å². The van der Waals surface area contributed by atoms with Crippen molar-refractivity contribution in [1.82, 2.24) is 15.5 Å². The number of benzene rings is 1. The number of anilines is 1. The molecule has 3 rings (SSSR count). The first kappa shape index (κ1) is 18.7. The minimum atomic E-state index is -4.41. The number of carbonyl (C=O) groups excluding carboxylic acids is 2. The number of halogens is 3. The van der Waals surface area contributed by atoms with Crippen molar-refractivity contribution in [2.24, 2.45) is 0 Å². The second kappa shape index (κ2) is 7.63. The first-order valence-corrected chi connectivity index (χ1v) is 8.57. The molecule has 1 fully saturated rings. The molecule has 2 aliphatic rings. The monoisotopic (exact) mass is 370 g/mol. The van der Waals surface area contributed by atoms with E-state index in [4.69, 9.17) is 0 Å². The number of fused-ring (bicyclic) bond motifs is 1. The molecule has 26 heavy (non-hydrogen) atoms. The first-order chi connectivity index (χ1) is 12.3. The zero-order valence-electron chi connectivity index (χ0n) is 14.2. The van der Waals surface area contributed by atoms with Gasteiger partial charge in [0.1, 0.15) is 6.04 Å². The number of rotatable bonds is 4. The molecule has 1 saturated heterocycles. The maximum atomic E-state index is 13.4. The highest BCUT2D eigenvalue weighted by Gasteiger charge is 2.43. The van der Waals surface area contributed by atoms with E-state index in [1.165, 1.54) is 11.0 Å². The number of carbonyl (C=O) groups is 2. The van der Waals surface area contributed by atoms with Crippen LogP contribution in [-0.2, 0) is 11.2 Å². The van der Waals surface area contributed by atoms with Crippen molar-refractivity contribution in [3.8, 4) is 0 Å². The SMILES string of the molecule is O=C1CCc2cc(C(=O)NCC(N3CCNCC3)C(F)(F)F)ccc2N1. The number of nitrogens with zero attached hydrogens (tertiary/aromatic N) is 1. The molecule has 0 aliphatic carbocycles. The summed E-state index contributed by atoms with van der Waals surface area (Å²) in [5.74, 6) is -0.632. The lowest BCUT2D eigenvalue weighted by Crippen LogP contribution is -2.57. The van der Waals surface area contributed by atoms with Gasteiger partial charge < -0.3 is 16.0 Å². The predicted molar refractivity (Wildman–Crippen MR) is 90.0 cm³/mol. The highest BCUT2D eigenvalue weighted by atomic mass is 19.4. The smallest absolute Gasteiger partial charge is 0.350 e. The van der Waals surface area contributed by atoms with Crippen molar-refractivity contribution in [3.63, 3.8) is 0 Å². The number of alkyl halides is 3. The van der Waals surface area contributed by atoms with Crippen molar-refractivity contribution >= 4 is 17.5 Å². The molecule has 142 valence electrons. The molecule has 1 atom stereocenters. The molecule has 0 radical (unpaired) electrons. The molecule has 0 aromatic heterocycles. The lowest BCUT2D eigenvalue weighted by atomic mass is 10.00. The van der Waals surface area contributed by atoms with E-state index in [-0.39, 0.29) is 5.91 Å². The summed E-state index contributed by atoms with van der Waals surface area (Å²) in [7, 11) is 0. The second-order valence-electron chi connectivity index (χ2n) is 6.47. The van der Waals surface area contributed by atoms with Crippen LogP contribution in [0.4, 0.5) is 18.9 Å². The van der Waals surface area contributed by atoms with E-state index in [0.29, 0.717) is 50.3 Å². The molecule has 0 saturated carbocycles. The highest BCUT2D eigenvalue weighted by molar-refractivity contribution is 5.97. The van der Waals surface area contributed by atoms with Gasteiger partial charge >= 0.3 is 6.18 Å². The third kappa shape index (κ3) is 4.34.